The molecule has 0 bridgehead atoms. The lowest BCUT2D eigenvalue weighted by molar-refractivity contribution is 0.0595. The maximum atomic E-state index is 5.68. The molecule has 2 heterocycles. The highest BCUT2D eigenvalue weighted by molar-refractivity contribution is 7.09. The van der Waals surface area contributed by atoms with Crippen molar-refractivity contribution in [2.45, 2.75) is 45.3 Å². The van der Waals surface area contributed by atoms with Gasteiger partial charge in [-0.1, -0.05) is 6.92 Å². The summed E-state index contributed by atoms with van der Waals surface area (Å²) in [4.78, 5) is 4.71. The van der Waals surface area contributed by atoms with E-state index in [1.54, 1.807) is 11.3 Å². The third-order valence-electron chi connectivity index (χ3n) is 2.97. The third kappa shape index (κ3) is 2.62. The minimum absolute atomic E-state index is 0.185. The molecule has 0 amide bonds. The maximum Gasteiger partial charge on any atom is 0.122 e. The van der Waals surface area contributed by atoms with Gasteiger partial charge in [0, 0.05) is 12.0 Å². The summed E-state index contributed by atoms with van der Waals surface area (Å²) in [6.45, 7) is 6.07. The Hall–Kier alpha value is -0.450. The minimum Gasteiger partial charge on any atom is -0.371 e. The van der Waals surface area contributed by atoms with Crippen molar-refractivity contribution in [1.29, 1.82) is 0 Å². The number of hydrogen-bond donors (Lipinski definition) is 1. The Labute approximate surface area is 101 Å². The van der Waals surface area contributed by atoms with Gasteiger partial charge in [0.2, 0.25) is 0 Å². The van der Waals surface area contributed by atoms with Gasteiger partial charge in [0.15, 0.2) is 0 Å². The van der Waals surface area contributed by atoms with Gasteiger partial charge in [-0.25, -0.2) is 4.98 Å². The van der Waals surface area contributed by atoms with Crippen LogP contribution in [0.4, 0.5) is 0 Å². The molecule has 3 nitrogen and oxygen atoms in total. The molecule has 1 aliphatic rings. The summed E-state index contributed by atoms with van der Waals surface area (Å²) in [6.07, 6.45) is 3.67. The average molecular weight is 240 g/mol. The van der Waals surface area contributed by atoms with Crippen molar-refractivity contribution in [1.82, 2.24) is 10.3 Å². The van der Waals surface area contributed by atoms with Crippen LogP contribution in [-0.4, -0.2) is 18.1 Å². The van der Waals surface area contributed by atoms with Crippen LogP contribution in [0.5, 0.6) is 0 Å². The second kappa shape index (κ2) is 5.75. The van der Waals surface area contributed by atoms with E-state index >= 15 is 0 Å². The fraction of sp³-hybridized carbons (Fsp3) is 0.750. The molecule has 2 atom stereocenters. The molecule has 1 aromatic rings. The van der Waals surface area contributed by atoms with Crippen LogP contribution in [0.15, 0.2) is 5.38 Å². The van der Waals surface area contributed by atoms with Gasteiger partial charge in [0.05, 0.1) is 11.7 Å². The minimum atomic E-state index is 0.185. The predicted octanol–water partition coefficient (Wildman–Crippen LogP) is 3.06. The topological polar surface area (TPSA) is 34.1 Å². The Balaban J connectivity index is 2.05. The number of nitrogens with one attached hydrogen (secondary N) is 1. The zero-order valence-electron chi connectivity index (χ0n) is 10.0. The molecule has 0 spiro atoms. The SMILES string of the molecule is CCOC(CC)c1nc([C@@H]2CCCN2)cs1. The summed E-state index contributed by atoms with van der Waals surface area (Å²) in [5, 5.41) is 6.79. The molecule has 90 valence electrons. The van der Waals surface area contributed by atoms with Gasteiger partial charge in [-0.2, -0.15) is 0 Å². The van der Waals surface area contributed by atoms with Crippen LogP contribution in [0, 0.1) is 0 Å². The van der Waals surface area contributed by atoms with Gasteiger partial charge in [0.1, 0.15) is 11.1 Å². The predicted molar refractivity (Wildman–Crippen MR) is 66.7 cm³/mol. The molecule has 1 N–H and O–H groups in total. The summed E-state index contributed by atoms with van der Waals surface area (Å²) >= 11 is 1.73. The summed E-state index contributed by atoms with van der Waals surface area (Å²) < 4.78 is 5.68. The molecular weight excluding hydrogens is 220 g/mol. The zero-order chi connectivity index (χ0) is 11.4. The number of ether oxygens (including phenoxy) is 1. The molecule has 1 aliphatic heterocycles. The van der Waals surface area contributed by atoms with Crippen LogP contribution in [0.3, 0.4) is 0 Å². The van der Waals surface area contributed by atoms with Crippen molar-refractivity contribution in [3.8, 4) is 0 Å². The average Bonchev–Trinajstić information content (AvgIpc) is 2.95. The highest BCUT2D eigenvalue weighted by Crippen LogP contribution is 2.29. The van der Waals surface area contributed by atoms with Crippen LogP contribution >= 0.6 is 11.3 Å². The van der Waals surface area contributed by atoms with Gasteiger partial charge in [-0.15, -0.1) is 11.3 Å². The number of thiazole rings is 1. The second-order valence-corrected chi connectivity index (χ2v) is 5.00. The molecule has 2 rings (SSSR count). The molecule has 4 heteroatoms. The normalized spacial score (nSPS) is 22.5. The number of aromatic nitrogens is 1. The van der Waals surface area contributed by atoms with Gasteiger partial charge < -0.3 is 10.1 Å². The van der Waals surface area contributed by atoms with Crippen LogP contribution in [0.25, 0.3) is 0 Å². The number of rotatable bonds is 5. The van der Waals surface area contributed by atoms with Gasteiger partial charge in [0.25, 0.3) is 0 Å². The van der Waals surface area contributed by atoms with Gasteiger partial charge in [-0.3, -0.25) is 0 Å². The lowest BCUT2D eigenvalue weighted by Gasteiger charge is -2.11. The largest absolute Gasteiger partial charge is 0.371 e. The summed E-state index contributed by atoms with van der Waals surface area (Å²) in [6, 6.07) is 0.476. The fourth-order valence-corrected chi connectivity index (χ4v) is 3.11. The van der Waals surface area contributed by atoms with E-state index in [1.807, 2.05) is 6.92 Å². The first kappa shape index (κ1) is 12.0. The summed E-state index contributed by atoms with van der Waals surface area (Å²) in [5.74, 6) is 0. The first-order valence-electron chi connectivity index (χ1n) is 6.15. The number of nitrogens with zero attached hydrogens (tertiary/aromatic N) is 1. The smallest absolute Gasteiger partial charge is 0.122 e. The van der Waals surface area contributed by atoms with Crippen molar-refractivity contribution >= 4 is 11.3 Å². The van der Waals surface area contributed by atoms with Crippen molar-refractivity contribution in [3.05, 3.63) is 16.1 Å². The first-order chi connectivity index (χ1) is 7.85. The lowest BCUT2D eigenvalue weighted by atomic mass is 10.2. The van der Waals surface area contributed by atoms with Crippen LogP contribution in [0.2, 0.25) is 0 Å². The quantitative estimate of drug-likeness (QED) is 0.859. The maximum absolute atomic E-state index is 5.68. The molecule has 0 saturated carbocycles. The van der Waals surface area contributed by atoms with Gasteiger partial charge >= 0.3 is 0 Å². The van der Waals surface area contributed by atoms with E-state index in [2.05, 4.69) is 17.6 Å². The van der Waals surface area contributed by atoms with E-state index in [-0.39, 0.29) is 6.10 Å². The Morgan fingerprint density at radius 3 is 3.12 bits per heavy atom. The van der Waals surface area contributed by atoms with E-state index in [4.69, 9.17) is 9.72 Å². The van der Waals surface area contributed by atoms with E-state index in [0.29, 0.717) is 6.04 Å². The molecule has 1 fully saturated rings. The molecule has 0 aliphatic carbocycles. The van der Waals surface area contributed by atoms with E-state index < -0.39 is 0 Å². The lowest BCUT2D eigenvalue weighted by Crippen LogP contribution is -2.13. The summed E-state index contributed by atoms with van der Waals surface area (Å²) in [7, 11) is 0. The van der Waals surface area contributed by atoms with E-state index in [1.165, 1.54) is 18.5 Å². The molecule has 1 unspecified atom stereocenters. The summed E-state index contributed by atoms with van der Waals surface area (Å²) in [5.41, 5.74) is 1.20. The molecule has 1 saturated heterocycles. The Morgan fingerprint density at radius 1 is 1.62 bits per heavy atom. The Kier molecular flexibility index (Phi) is 4.32. The molecular formula is C12H20N2OS. The van der Waals surface area contributed by atoms with Crippen LogP contribution in [0.1, 0.15) is 56.0 Å². The third-order valence-corrected chi connectivity index (χ3v) is 3.93. The Morgan fingerprint density at radius 2 is 2.50 bits per heavy atom. The van der Waals surface area contributed by atoms with Crippen LogP contribution in [-0.2, 0) is 4.74 Å². The van der Waals surface area contributed by atoms with Crippen molar-refractivity contribution < 1.29 is 4.74 Å². The molecule has 16 heavy (non-hydrogen) atoms. The monoisotopic (exact) mass is 240 g/mol. The van der Waals surface area contributed by atoms with Crippen molar-refractivity contribution in [2.24, 2.45) is 0 Å². The van der Waals surface area contributed by atoms with Gasteiger partial charge in [-0.05, 0) is 32.7 Å². The highest BCUT2D eigenvalue weighted by Gasteiger charge is 2.21. The molecule has 0 aromatic carbocycles. The van der Waals surface area contributed by atoms with Crippen LogP contribution < -0.4 is 5.32 Å². The Bertz CT molecular complexity index is 321. The second-order valence-electron chi connectivity index (χ2n) is 4.11. The highest BCUT2D eigenvalue weighted by atomic mass is 32.1. The van der Waals surface area contributed by atoms with E-state index in [9.17, 15) is 0 Å². The zero-order valence-corrected chi connectivity index (χ0v) is 10.8. The number of hydrogen-bond acceptors (Lipinski definition) is 4. The fourth-order valence-electron chi connectivity index (χ4n) is 2.11. The van der Waals surface area contributed by atoms with E-state index in [0.717, 1.165) is 24.6 Å². The van der Waals surface area contributed by atoms with Crippen molar-refractivity contribution in [2.75, 3.05) is 13.2 Å². The molecule has 1 aromatic heterocycles. The van der Waals surface area contributed by atoms with Crippen molar-refractivity contribution in [3.63, 3.8) is 0 Å². The standard InChI is InChI=1S/C12H20N2OS/c1-3-11(15-4-2)12-14-10(8-16-12)9-6-5-7-13-9/h8-9,11,13H,3-7H2,1-2H3/t9-,11?/m0/s1. The first-order valence-corrected chi connectivity index (χ1v) is 7.03. The molecule has 0 radical (unpaired) electrons.